The van der Waals surface area contributed by atoms with E-state index in [-0.39, 0.29) is 42.8 Å². The van der Waals surface area contributed by atoms with Gasteiger partial charge in [-0.15, -0.1) is 0 Å². The summed E-state index contributed by atoms with van der Waals surface area (Å²) < 4.78 is 14.6. The van der Waals surface area contributed by atoms with Crippen LogP contribution in [-0.2, 0) is 13.1 Å². The van der Waals surface area contributed by atoms with Crippen LogP contribution in [0.3, 0.4) is 0 Å². The van der Waals surface area contributed by atoms with Gasteiger partial charge in [-0.2, -0.15) is 0 Å². The number of nitrogen functional groups attached to an aromatic ring is 1. The molecule has 4 N–H and O–H groups in total. The fraction of sp³-hybridized carbons (Fsp3) is 0.200. The lowest BCUT2D eigenvalue weighted by molar-refractivity contribution is 0.301. The minimum Gasteiger partial charge on any atom is -0.395 e. The Hall–Kier alpha value is -3.10. The van der Waals surface area contributed by atoms with Crippen molar-refractivity contribution in [1.29, 1.82) is 0 Å². The molecule has 0 spiro atoms. The van der Waals surface area contributed by atoms with Crippen molar-refractivity contribution in [3.05, 3.63) is 91.3 Å². The largest absolute Gasteiger partial charge is 0.395 e. The standard InChI is InChI=1S/C20H20ClFN4O3/c21-16-10-15(22)7-6-14(16)12-25(8-9-27)17-18(23)26(20(29)24-19(17)28)11-13-4-2-1-3-5-13/h1-7,10,27H,8-9,11-12,23H2,(H,24,28,29). The van der Waals surface area contributed by atoms with Gasteiger partial charge >= 0.3 is 5.69 Å². The molecule has 1 heterocycles. The number of hydrogen-bond acceptors (Lipinski definition) is 5. The summed E-state index contributed by atoms with van der Waals surface area (Å²) in [6, 6.07) is 13.1. The van der Waals surface area contributed by atoms with Crippen LogP contribution < -0.4 is 21.9 Å². The zero-order chi connectivity index (χ0) is 21.0. The molecule has 0 aliphatic rings. The van der Waals surface area contributed by atoms with Gasteiger partial charge in [-0.1, -0.05) is 48.0 Å². The Labute approximate surface area is 170 Å². The monoisotopic (exact) mass is 418 g/mol. The Morgan fingerprint density at radius 2 is 1.90 bits per heavy atom. The summed E-state index contributed by atoms with van der Waals surface area (Å²) in [5.41, 5.74) is 6.30. The first-order valence-electron chi connectivity index (χ1n) is 8.87. The third-order valence-corrected chi connectivity index (χ3v) is 4.81. The van der Waals surface area contributed by atoms with Crippen molar-refractivity contribution in [3.8, 4) is 0 Å². The molecule has 0 fully saturated rings. The Kier molecular flexibility index (Phi) is 6.36. The molecular weight excluding hydrogens is 399 g/mol. The highest BCUT2D eigenvalue weighted by atomic mass is 35.5. The number of aromatic amines is 1. The average molecular weight is 419 g/mol. The molecular formula is C20H20ClFN4O3. The van der Waals surface area contributed by atoms with Crippen LogP contribution in [0.2, 0.25) is 5.02 Å². The first-order valence-corrected chi connectivity index (χ1v) is 9.24. The topological polar surface area (TPSA) is 104 Å². The van der Waals surface area contributed by atoms with Crippen molar-refractivity contribution < 1.29 is 9.50 Å². The maximum atomic E-state index is 13.3. The molecule has 7 nitrogen and oxygen atoms in total. The number of nitrogens with two attached hydrogens (primary N) is 1. The number of benzene rings is 2. The second-order valence-electron chi connectivity index (χ2n) is 6.45. The van der Waals surface area contributed by atoms with Gasteiger partial charge in [0.2, 0.25) is 0 Å². The summed E-state index contributed by atoms with van der Waals surface area (Å²) in [4.78, 5) is 28.7. The Morgan fingerprint density at radius 3 is 2.55 bits per heavy atom. The van der Waals surface area contributed by atoms with E-state index in [2.05, 4.69) is 4.98 Å². The number of anilines is 2. The quantitative estimate of drug-likeness (QED) is 0.544. The van der Waals surface area contributed by atoms with E-state index in [4.69, 9.17) is 17.3 Å². The van der Waals surface area contributed by atoms with Crippen LogP contribution in [0, 0.1) is 5.82 Å². The van der Waals surface area contributed by atoms with E-state index < -0.39 is 17.1 Å². The lowest BCUT2D eigenvalue weighted by atomic mass is 10.2. The van der Waals surface area contributed by atoms with Gasteiger partial charge in [-0.25, -0.2) is 9.18 Å². The van der Waals surface area contributed by atoms with E-state index >= 15 is 0 Å². The highest BCUT2D eigenvalue weighted by molar-refractivity contribution is 6.31. The maximum Gasteiger partial charge on any atom is 0.330 e. The number of H-pyrrole nitrogens is 1. The fourth-order valence-electron chi connectivity index (χ4n) is 3.05. The van der Waals surface area contributed by atoms with Crippen LogP contribution >= 0.6 is 11.6 Å². The maximum absolute atomic E-state index is 13.3. The van der Waals surface area contributed by atoms with Crippen LogP contribution in [0.25, 0.3) is 0 Å². The Morgan fingerprint density at radius 1 is 1.17 bits per heavy atom. The van der Waals surface area contributed by atoms with Crippen molar-refractivity contribution >= 4 is 23.1 Å². The molecule has 0 saturated carbocycles. The summed E-state index contributed by atoms with van der Waals surface area (Å²) in [5.74, 6) is -0.518. The van der Waals surface area contributed by atoms with E-state index in [1.807, 2.05) is 30.3 Å². The molecule has 0 saturated heterocycles. The molecule has 0 amide bonds. The van der Waals surface area contributed by atoms with Crippen LogP contribution in [0.15, 0.2) is 58.1 Å². The normalized spacial score (nSPS) is 10.9. The lowest BCUT2D eigenvalue weighted by Gasteiger charge is -2.26. The number of hydrogen-bond donors (Lipinski definition) is 3. The molecule has 2 aromatic carbocycles. The number of aromatic nitrogens is 2. The lowest BCUT2D eigenvalue weighted by Crippen LogP contribution is -2.39. The SMILES string of the molecule is Nc1c(N(CCO)Cc2ccc(F)cc2Cl)c(=O)[nH]c(=O)n1Cc1ccccc1. The van der Waals surface area contributed by atoms with Crippen LogP contribution in [-0.4, -0.2) is 27.8 Å². The second kappa shape index (κ2) is 8.93. The van der Waals surface area contributed by atoms with E-state index in [9.17, 15) is 19.1 Å². The zero-order valence-corrected chi connectivity index (χ0v) is 16.2. The first kappa shape index (κ1) is 20.6. The van der Waals surface area contributed by atoms with Gasteiger partial charge in [-0.3, -0.25) is 14.3 Å². The minimum absolute atomic E-state index is 0.0331. The predicted octanol–water partition coefficient (Wildman–Crippen LogP) is 1.96. The molecule has 9 heteroatoms. The molecule has 29 heavy (non-hydrogen) atoms. The predicted molar refractivity (Wildman–Crippen MR) is 111 cm³/mol. The highest BCUT2D eigenvalue weighted by Gasteiger charge is 2.20. The molecule has 0 aliphatic carbocycles. The van der Waals surface area contributed by atoms with Crippen molar-refractivity contribution in [2.75, 3.05) is 23.8 Å². The molecule has 0 atom stereocenters. The summed E-state index contributed by atoms with van der Waals surface area (Å²) in [7, 11) is 0. The van der Waals surface area contributed by atoms with E-state index in [0.29, 0.717) is 5.56 Å². The molecule has 152 valence electrons. The third-order valence-electron chi connectivity index (χ3n) is 4.46. The summed E-state index contributed by atoms with van der Waals surface area (Å²) in [6.07, 6.45) is 0. The van der Waals surface area contributed by atoms with Gasteiger partial charge in [0.15, 0.2) is 0 Å². The van der Waals surface area contributed by atoms with Gasteiger partial charge in [0.1, 0.15) is 17.3 Å². The van der Waals surface area contributed by atoms with Crippen molar-refractivity contribution in [1.82, 2.24) is 9.55 Å². The number of halogens is 2. The zero-order valence-electron chi connectivity index (χ0n) is 15.4. The van der Waals surface area contributed by atoms with Crippen LogP contribution in [0.4, 0.5) is 15.9 Å². The molecule has 0 radical (unpaired) electrons. The van der Waals surface area contributed by atoms with Crippen LogP contribution in [0.5, 0.6) is 0 Å². The van der Waals surface area contributed by atoms with Crippen molar-refractivity contribution in [2.45, 2.75) is 13.1 Å². The van der Waals surface area contributed by atoms with E-state index in [0.717, 1.165) is 11.6 Å². The summed E-state index contributed by atoms with van der Waals surface area (Å²) in [5, 5.41) is 9.66. The Bertz CT molecular complexity index is 1110. The van der Waals surface area contributed by atoms with Gasteiger partial charge in [0.25, 0.3) is 5.56 Å². The highest BCUT2D eigenvalue weighted by Crippen LogP contribution is 2.24. The Balaban J connectivity index is 2.04. The van der Waals surface area contributed by atoms with Gasteiger partial charge in [-0.05, 0) is 23.3 Å². The molecule has 3 rings (SSSR count). The van der Waals surface area contributed by atoms with Crippen molar-refractivity contribution in [3.63, 3.8) is 0 Å². The van der Waals surface area contributed by atoms with E-state index in [1.54, 1.807) is 0 Å². The number of rotatable bonds is 7. The second-order valence-corrected chi connectivity index (χ2v) is 6.85. The number of nitrogens with zero attached hydrogens (tertiary/aromatic N) is 2. The first-order chi connectivity index (χ1) is 13.9. The molecule has 1 aromatic heterocycles. The number of aliphatic hydroxyl groups excluding tert-OH is 1. The molecule has 0 unspecified atom stereocenters. The average Bonchev–Trinajstić information content (AvgIpc) is 2.68. The van der Waals surface area contributed by atoms with Crippen LogP contribution in [0.1, 0.15) is 11.1 Å². The van der Waals surface area contributed by atoms with Gasteiger partial charge < -0.3 is 15.7 Å². The summed E-state index contributed by atoms with van der Waals surface area (Å²) >= 11 is 6.10. The van der Waals surface area contributed by atoms with E-state index in [1.165, 1.54) is 21.6 Å². The van der Waals surface area contributed by atoms with Gasteiger partial charge in [0, 0.05) is 18.1 Å². The fourth-order valence-corrected chi connectivity index (χ4v) is 3.28. The molecule has 0 aliphatic heterocycles. The third kappa shape index (κ3) is 4.67. The van der Waals surface area contributed by atoms with Gasteiger partial charge in [0.05, 0.1) is 13.2 Å². The number of nitrogens with one attached hydrogen (secondary N) is 1. The summed E-state index contributed by atoms with van der Waals surface area (Å²) in [6.45, 7) is 0.0517. The molecule has 0 bridgehead atoms. The van der Waals surface area contributed by atoms with Crippen molar-refractivity contribution in [2.24, 2.45) is 0 Å². The number of aliphatic hydroxyl groups is 1. The minimum atomic E-state index is -0.677. The smallest absolute Gasteiger partial charge is 0.330 e. The molecule has 3 aromatic rings.